The fourth-order valence-electron chi connectivity index (χ4n) is 8.03. The predicted molar refractivity (Wildman–Crippen MR) is 216 cm³/mol. The Hall–Kier alpha value is -7.31. The molecule has 11 aromatic rings. The van der Waals surface area contributed by atoms with Crippen LogP contribution in [0.5, 0.6) is 0 Å². The third-order valence-corrected chi connectivity index (χ3v) is 10.3. The van der Waals surface area contributed by atoms with Gasteiger partial charge in [0.1, 0.15) is 11.2 Å². The van der Waals surface area contributed by atoms with E-state index in [1.54, 1.807) is 0 Å². The summed E-state index contributed by atoms with van der Waals surface area (Å²) in [6, 6.07) is 63.5. The van der Waals surface area contributed by atoms with Gasteiger partial charge in [-0.1, -0.05) is 140 Å². The quantitative estimate of drug-likeness (QED) is 0.182. The van der Waals surface area contributed by atoms with E-state index < -0.39 is 0 Å². The first-order chi connectivity index (χ1) is 26.3. The third kappa shape index (κ3) is 4.42. The number of aromatic nitrogens is 6. The molecule has 11 rings (SSSR count). The standard InChI is InChI=1S/C47H30N6/c1-5-17-31(18-6-1)42-44-46(49-45(48-42)32-19-7-2-8-20-32)50-47(52(44)34-23-11-4-12-24-34)53-38-27-15-13-25-35(38)36-29-30-40-41(43(36)53)37-26-14-16-28-39(37)51(40)33-21-9-3-10-22-33/h1-30H. The van der Waals surface area contributed by atoms with Gasteiger partial charge in [0.2, 0.25) is 5.95 Å². The van der Waals surface area contributed by atoms with Gasteiger partial charge in [-0.05, 0) is 42.5 Å². The van der Waals surface area contributed by atoms with Gasteiger partial charge in [0.15, 0.2) is 11.5 Å². The lowest BCUT2D eigenvalue weighted by Crippen LogP contribution is -2.06. The molecule has 6 heteroatoms. The van der Waals surface area contributed by atoms with Crippen molar-refractivity contribution in [3.8, 4) is 40.0 Å². The van der Waals surface area contributed by atoms with Gasteiger partial charge in [0.05, 0.1) is 22.1 Å². The van der Waals surface area contributed by atoms with E-state index in [2.05, 4.69) is 165 Å². The zero-order chi connectivity index (χ0) is 34.9. The smallest absolute Gasteiger partial charge is 0.222 e. The fraction of sp³-hybridized carbons (Fsp3) is 0. The Balaban J connectivity index is 1.35. The van der Waals surface area contributed by atoms with Crippen LogP contribution in [0.4, 0.5) is 0 Å². The first-order valence-electron chi connectivity index (χ1n) is 17.8. The van der Waals surface area contributed by atoms with E-state index >= 15 is 0 Å². The van der Waals surface area contributed by atoms with Crippen molar-refractivity contribution in [1.82, 2.24) is 28.7 Å². The number of benzene rings is 7. The number of fused-ring (bicyclic) bond motifs is 8. The van der Waals surface area contributed by atoms with Gasteiger partial charge in [-0.15, -0.1) is 0 Å². The number of rotatable bonds is 5. The minimum Gasteiger partial charge on any atom is -0.309 e. The summed E-state index contributed by atoms with van der Waals surface area (Å²) in [6.07, 6.45) is 0. The lowest BCUT2D eigenvalue weighted by molar-refractivity contribution is 0.957. The summed E-state index contributed by atoms with van der Waals surface area (Å²) in [5.74, 6) is 1.38. The average Bonchev–Trinajstić information content (AvgIpc) is 3.89. The van der Waals surface area contributed by atoms with Crippen LogP contribution in [-0.4, -0.2) is 28.7 Å². The molecule has 0 amide bonds. The van der Waals surface area contributed by atoms with Gasteiger partial charge in [-0.25, -0.2) is 9.97 Å². The number of hydrogen-bond donors (Lipinski definition) is 0. The number of para-hydroxylation sites is 4. The van der Waals surface area contributed by atoms with E-state index in [1.165, 1.54) is 10.8 Å². The number of nitrogens with zero attached hydrogens (tertiary/aromatic N) is 6. The van der Waals surface area contributed by atoms with Crippen molar-refractivity contribution in [2.24, 2.45) is 0 Å². The normalized spacial score (nSPS) is 11.8. The van der Waals surface area contributed by atoms with Crippen LogP contribution in [0.15, 0.2) is 182 Å². The van der Waals surface area contributed by atoms with E-state index in [0.717, 1.165) is 72.5 Å². The summed E-state index contributed by atoms with van der Waals surface area (Å²) in [4.78, 5) is 16.0. The van der Waals surface area contributed by atoms with Crippen LogP contribution in [0.2, 0.25) is 0 Å². The molecule has 0 radical (unpaired) electrons. The van der Waals surface area contributed by atoms with Crippen molar-refractivity contribution in [3.05, 3.63) is 182 Å². The fourth-order valence-corrected chi connectivity index (χ4v) is 8.03. The van der Waals surface area contributed by atoms with Gasteiger partial charge in [-0.3, -0.25) is 9.13 Å². The SMILES string of the molecule is c1ccc(-c2nc(-c3ccccc3)c3c(n2)nc(-n2c4ccccc4c4ccc5c(c6ccccc6n5-c5ccccc5)c42)n3-c2ccccc2)cc1. The second-order valence-electron chi connectivity index (χ2n) is 13.3. The monoisotopic (exact) mass is 678 g/mol. The summed E-state index contributed by atoms with van der Waals surface area (Å²) in [5.41, 5.74) is 10.8. The predicted octanol–water partition coefficient (Wildman–Crippen LogP) is 11.3. The summed E-state index contributed by atoms with van der Waals surface area (Å²) < 4.78 is 6.96. The highest BCUT2D eigenvalue weighted by Gasteiger charge is 2.27. The van der Waals surface area contributed by atoms with E-state index in [9.17, 15) is 0 Å². The molecule has 0 atom stereocenters. The van der Waals surface area contributed by atoms with Crippen LogP contribution in [0.25, 0.3) is 94.7 Å². The zero-order valence-electron chi connectivity index (χ0n) is 28.5. The van der Waals surface area contributed by atoms with Crippen LogP contribution in [0.1, 0.15) is 0 Å². The Kier molecular flexibility index (Phi) is 6.45. The average molecular weight is 679 g/mol. The van der Waals surface area contributed by atoms with Gasteiger partial charge >= 0.3 is 0 Å². The lowest BCUT2D eigenvalue weighted by Gasteiger charge is -2.14. The van der Waals surface area contributed by atoms with Crippen LogP contribution in [0, 0.1) is 0 Å². The first-order valence-corrected chi connectivity index (χ1v) is 17.8. The van der Waals surface area contributed by atoms with E-state index in [-0.39, 0.29) is 0 Å². The molecule has 0 saturated carbocycles. The number of hydrogen-bond acceptors (Lipinski definition) is 3. The Morgan fingerprint density at radius 2 is 0.887 bits per heavy atom. The zero-order valence-corrected chi connectivity index (χ0v) is 28.5. The van der Waals surface area contributed by atoms with Crippen LogP contribution < -0.4 is 0 Å². The molecule has 248 valence electrons. The largest absolute Gasteiger partial charge is 0.309 e. The third-order valence-electron chi connectivity index (χ3n) is 10.3. The summed E-state index contributed by atoms with van der Waals surface area (Å²) in [6.45, 7) is 0. The molecule has 4 aromatic heterocycles. The summed E-state index contributed by atoms with van der Waals surface area (Å²) >= 11 is 0. The Morgan fingerprint density at radius 3 is 1.57 bits per heavy atom. The van der Waals surface area contributed by atoms with Crippen molar-refractivity contribution in [3.63, 3.8) is 0 Å². The molecule has 0 bridgehead atoms. The first kappa shape index (κ1) is 29.4. The Labute approximate surface area is 304 Å². The minimum absolute atomic E-state index is 0.626. The molecule has 0 spiro atoms. The molecule has 0 aliphatic carbocycles. The molecular weight excluding hydrogens is 649 g/mol. The van der Waals surface area contributed by atoms with Crippen LogP contribution >= 0.6 is 0 Å². The van der Waals surface area contributed by atoms with Crippen molar-refractivity contribution >= 4 is 54.8 Å². The molecular formula is C47H30N6. The number of imidazole rings is 1. The Bertz CT molecular complexity index is 3140. The van der Waals surface area contributed by atoms with Gasteiger partial charge in [0.25, 0.3) is 0 Å². The highest BCUT2D eigenvalue weighted by atomic mass is 15.3. The highest BCUT2D eigenvalue weighted by Crippen LogP contribution is 2.43. The maximum atomic E-state index is 5.52. The topological polar surface area (TPSA) is 53.5 Å². The lowest BCUT2D eigenvalue weighted by atomic mass is 10.1. The van der Waals surface area contributed by atoms with Gasteiger partial charge < -0.3 is 4.57 Å². The molecule has 0 fully saturated rings. The van der Waals surface area contributed by atoms with Crippen molar-refractivity contribution in [2.75, 3.05) is 0 Å². The summed E-state index contributed by atoms with van der Waals surface area (Å²) in [5, 5.41) is 4.67. The molecule has 0 aliphatic heterocycles. The second kappa shape index (κ2) is 11.6. The molecule has 0 aliphatic rings. The molecule has 4 heterocycles. The summed E-state index contributed by atoms with van der Waals surface area (Å²) in [7, 11) is 0. The van der Waals surface area contributed by atoms with E-state index in [4.69, 9.17) is 15.0 Å². The molecule has 0 N–H and O–H groups in total. The molecule has 53 heavy (non-hydrogen) atoms. The highest BCUT2D eigenvalue weighted by molar-refractivity contribution is 6.26. The van der Waals surface area contributed by atoms with E-state index in [1.807, 2.05) is 30.3 Å². The Morgan fingerprint density at radius 1 is 0.340 bits per heavy atom. The molecule has 7 aromatic carbocycles. The molecule has 0 saturated heterocycles. The van der Waals surface area contributed by atoms with Crippen molar-refractivity contribution in [1.29, 1.82) is 0 Å². The van der Waals surface area contributed by atoms with Gasteiger partial charge in [0, 0.05) is 44.0 Å². The van der Waals surface area contributed by atoms with Crippen LogP contribution in [-0.2, 0) is 0 Å². The van der Waals surface area contributed by atoms with Crippen molar-refractivity contribution in [2.45, 2.75) is 0 Å². The molecule has 0 unspecified atom stereocenters. The maximum Gasteiger partial charge on any atom is 0.222 e. The van der Waals surface area contributed by atoms with E-state index in [0.29, 0.717) is 11.5 Å². The van der Waals surface area contributed by atoms with Gasteiger partial charge in [-0.2, -0.15) is 4.98 Å². The van der Waals surface area contributed by atoms with Crippen LogP contribution in [0.3, 0.4) is 0 Å². The minimum atomic E-state index is 0.626. The molecule has 6 nitrogen and oxygen atoms in total. The second-order valence-corrected chi connectivity index (χ2v) is 13.3. The van der Waals surface area contributed by atoms with Crippen molar-refractivity contribution < 1.29 is 0 Å². The maximum absolute atomic E-state index is 5.52.